The van der Waals surface area contributed by atoms with Gasteiger partial charge in [-0.1, -0.05) is 0 Å². The van der Waals surface area contributed by atoms with Gasteiger partial charge in [-0.05, 0) is 50.7 Å². The molecule has 0 bridgehead atoms. The number of halogens is 1. The van der Waals surface area contributed by atoms with E-state index in [9.17, 15) is 0 Å². The van der Waals surface area contributed by atoms with Crippen LogP contribution in [0, 0.1) is 0 Å². The molecule has 7 nitrogen and oxygen atoms in total. The Morgan fingerprint density at radius 3 is 2.79 bits per heavy atom. The minimum atomic E-state index is 0. The molecule has 1 fully saturated rings. The van der Waals surface area contributed by atoms with Crippen LogP contribution in [0.1, 0.15) is 44.6 Å². The normalized spacial score (nSPS) is 14.6. The summed E-state index contributed by atoms with van der Waals surface area (Å²) in [5.41, 5.74) is 1.10. The molecule has 0 spiro atoms. The Morgan fingerprint density at radius 2 is 2.04 bits per heavy atom. The average molecular weight is 506 g/mol. The highest BCUT2D eigenvalue weighted by atomic mass is 127. The molecule has 160 valence electrons. The predicted octanol–water partition coefficient (Wildman–Crippen LogP) is 3.13. The third-order valence-electron chi connectivity index (χ3n) is 4.34. The predicted molar refractivity (Wildman–Crippen MR) is 123 cm³/mol. The van der Waals surface area contributed by atoms with Gasteiger partial charge in [0.15, 0.2) is 5.96 Å². The van der Waals surface area contributed by atoms with Crippen LogP contribution in [0.2, 0.25) is 0 Å². The van der Waals surface area contributed by atoms with E-state index in [1.807, 2.05) is 12.1 Å². The van der Waals surface area contributed by atoms with Crippen molar-refractivity contribution in [3.8, 4) is 5.88 Å². The number of nitrogens with zero attached hydrogens (tertiary/aromatic N) is 2. The van der Waals surface area contributed by atoms with Crippen molar-refractivity contribution in [3.05, 3.63) is 23.9 Å². The summed E-state index contributed by atoms with van der Waals surface area (Å²) in [5.74, 6) is 1.52. The molecule has 8 heteroatoms. The van der Waals surface area contributed by atoms with Crippen molar-refractivity contribution in [3.63, 3.8) is 0 Å². The van der Waals surface area contributed by atoms with Gasteiger partial charge in [0.1, 0.15) is 6.10 Å². The Kier molecular flexibility index (Phi) is 14.0. The summed E-state index contributed by atoms with van der Waals surface area (Å²) in [4.78, 5) is 8.99. The third kappa shape index (κ3) is 10.4. The van der Waals surface area contributed by atoms with Gasteiger partial charge in [-0.3, -0.25) is 0 Å². The molecule has 0 atom stereocenters. The molecule has 1 aliphatic carbocycles. The number of aliphatic imine (C=N–C) groups is 1. The zero-order valence-electron chi connectivity index (χ0n) is 17.1. The zero-order chi connectivity index (χ0) is 19.2. The van der Waals surface area contributed by atoms with Crippen molar-refractivity contribution in [2.24, 2.45) is 4.99 Å². The molecule has 1 aliphatic rings. The number of aromatic nitrogens is 1. The maximum atomic E-state index is 5.98. The lowest BCUT2D eigenvalue weighted by Gasteiger charge is -2.13. The van der Waals surface area contributed by atoms with Gasteiger partial charge in [-0.2, -0.15) is 0 Å². The first kappa shape index (κ1) is 24.9. The molecule has 1 heterocycles. The van der Waals surface area contributed by atoms with Gasteiger partial charge in [-0.15, -0.1) is 24.0 Å². The van der Waals surface area contributed by atoms with Gasteiger partial charge in [0.2, 0.25) is 5.88 Å². The quantitative estimate of drug-likeness (QED) is 0.196. The SMILES string of the molecule is CCNC(=NCc1ccnc(OC2CCCC2)c1)NCCCOCCOC.I. The van der Waals surface area contributed by atoms with Crippen molar-refractivity contribution in [2.45, 2.75) is 51.7 Å². The van der Waals surface area contributed by atoms with Gasteiger partial charge in [0.05, 0.1) is 19.8 Å². The molecular weight excluding hydrogens is 471 g/mol. The Labute approximate surface area is 186 Å². The lowest BCUT2D eigenvalue weighted by Crippen LogP contribution is -2.38. The first-order valence-electron chi connectivity index (χ1n) is 10.0. The van der Waals surface area contributed by atoms with Gasteiger partial charge >= 0.3 is 0 Å². The summed E-state index contributed by atoms with van der Waals surface area (Å²) in [6, 6.07) is 3.98. The number of rotatable bonds is 12. The van der Waals surface area contributed by atoms with Crippen molar-refractivity contribution in [2.75, 3.05) is 40.0 Å². The molecular formula is C20H35IN4O3. The third-order valence-corrected chi connectivity index (χ3v) is 4.34. The van der Waals surface area contributed by atoms with E-state index in [4.69, 9.17) is 14.2 Å². The maximum absolute atomic E-state index is 5.98. The largest absolute Gasteiger partial charge is 0.474 e. The summed E-state index contributed by atoms with van der Waals surface area (Å²) in [7, 11) is 1.68. The molecule has 0 unspecified atom stereocenters. The molecule has 1 aromatic rings. The number of methoxy groups -OCH3 is 1. The molecule has 0 radical (unpaired) electrons. The van der Waals surface area contributed by atoms with Crippen molar-refractivity contribution in [1.29, 1.82) is 0 Å². The van der Waals surface area contributed by atoms with Crippen LogP contribution in [0.5, 0.6) is 5.88 Å². The van der Waals surface area contributed by atoms with Gasteiger partial charge in [0, 0.05) is 39.1 Å². The number of ether oxygens (including phenoxy) is 3. The van der Waals surface area contributed by atoms with E-state index in [0.29, 0.717) is 38.3 Å². The molecule has 0 aliphatic heterocycles. The number of hydrogen-bond acceptors (Lipinski definition) is 5. The van der Waals surface area contributed by atoms with Crippen LogP contribution in [-0.4, -0.2) is 57.1 Å². The molecule has 0 saturated heterocycles. The van der Waals surface area contributed by atoms with Crippen molar-refractivity contribution < 1.29 is 14.2 Å². The smallest absolute Gasteiger partial charge is 0.213 e. The number of pyridine rings is 1. The lowest BCUT2D eigenvalue weighted by molar-refractivity contribution is 0.0698. The minimum Gasteiger partial charge on any atom is -0.474 e. The van der Waals surface area contributed by atoms with Crippen LogP contribution >= 0.6 is 24.0 Å². The molecule has 2 N–H and O–H groups in total. The molecule has 28 heavy (non-hydrogen) atoms. The number of guanidine groups is 1. The summed E-state index contributed by atoms with van der Waals surface area (Å²) in [6.45, 7) is 6.26. The van der Waals surface area contributed by atoms with Gasteiger partial charge < -0.3 is 24.8 Å². The highest BCUT2D eigenvalue weighted by Gasteiger charge is 2.16. The summed E-state index contributed by atoms with van der Waals surface area (Å²) in [6.07, 6.45) is 7.81. The highest BCUT2D eigenvalue weighted by Crippen LogP contribution is 2.23. The number of hydrogen-bond donors (Lipinski definition) is 2. The zero-order valence-corrected chi connectivity index (χ0v) is 19.4. The molecule has 1 aromatic heterocycles. The van der Waals surface area contributed by atoms with E-state index < -0.39 is 0 Å². The van der Waals surface area contributed by atoms with Crippen LogP contribution in [0.15, 0.2) is 23.3 Å². The van der Waals surface area contributed by atoms with Crippen LogP contribution in [-0.2, 0) is 16.0 Å². The monoisotopic (exact) mass is 506 g/mol. The van der Waals surface area contributed by atoms with Crippen LogP contribution in [0.4, 0.5) is 0 Å². The summed E-state index contributed by atoms with van der Waals surface area (Å²) in [5, 5.41) is 6.60. The topological polar surface area (TPSA) is 77.0 Å². The Bertz CT molecular complexity index is 554. The lowest BCUT2D eigenvalue weighted by atomic mass is 10.2. The second kappa shape index (κ2) is 15.8. The fourth-order valence-corrected chi connectivity index (χ4v) is 2.93. The molecule has 0 aromatic carbocycles. The van der Waals surface area contributed by atoms with Crippen LogP contribution in [0.25, 0.3) is 0 Å². The Hall–Kier alpha value is -1.13. The van der Waals surface area contributed by atoms with Crippen molar-refractivity contribution in [1.82, 2.24) is 15.6 Å². The van der Waals surface area contributed by atoms with Gasteiger partial charge in [-0.25, -0.2) is 9.98 Å². The first-order chi connectivity index (χ1) is 13.3. The second-order valence-electron chi connectivity index (χ2n) is 6.61. The van der Waals surface area contributed by atoms with E-state index in [2.05, 4.69) is 27.5 Å². The highest BCUT2D eigenvalue weighted by molar-refractivity contribution is 14.0. The van der Waals surface area contributed by atoms with E-state index >= 15 is 0 Å². The van der Waals surface area contributed by atoms with Gasteiger partial charge in [0.25, 0.3) is 0 Å². The van der Waals surface area contributed by atoms with E-state index in [-0.39, 0.29) is 24.0 Å². The van der Waals surface area contributed by atoms with Crippen LogP contribution in [0.3, 0.4) is 0 Å². The molecule has 0 amide bonds. The van der Waals surface area contributed by atoms with E-state index in [1.54, 1.807) is 13.3 Å². The van der Waals surface area contributed by atoms with E-state index in [0.717, 1.165) is 43.9 Å². The summed E-state index contributed by atoms with van der Waals surface area (Å²) < 4.78 is 16.4. The van der Waals surface area contributed by atoms with Crippen LogP contribution < -0.4 is 15.4 Å². The van der Waals surface area contributed by atoms with Crippen molar-refractivity contribution >= 4 is 29.9 Å². The van der Waals surface area contributed by atoms with E-state index in [1.165, 1.54) is 12.8 Å². The molecule has 1 saturated carbocycles. The average Bonchev–Trinajstić information content (AvgIpc) is 3.18. The second-order valence-corrected chi connectivity index (χ2v) is 6.61. The maximum Gasteiger partial charge on any atom is 0.213 e. The fourth-order valence-electron chi connectivity index (χ4n) is 2.93. The first-order valence-corrected chi connectivity index (χ1v) is 10.0. The number of nitrogens with one attached hydrogen (secondary N) is 2. The Morgan fingerprint density at radius 1 is 1.21 bits per heavy atom. The summed E-state index contributed by atoms with van der Waals surface area (Å²) >= 11 is 0. The standard InChI is InChI=1S/C20H34N4O3.HI/c1-3-21-20(23-10-6-12-26-14-13-25-2)24-16-17-9-11-22-19(15-17)27-18-7-4-5-8-18;/h9,11,15,18H,3-8,10,12-14,16H2,1-2H3,(H2,21,23,24);1H. The minimum absolute atomic E-state index is 0. The molecule has 2 rings (SSSR count). The Balaban J connectivity index is 0.00000392. The fraction of sp³-hybridized carbons (Fsp3) is 0.700.